The highest BCUT2D eigenvalue weighted by Crippen LogP contribution is 2.61. The Hall–Kier alpha value is -0.650. The number of esters is 1. The average molecular weight is 392 g/mol. The van der Waals surface area contributed by atoms with Gasteiger partial charge in [-0.25, -0.2) is 5.26 Å². The summed E-state index contributed by atoms with van der Waals surface area (Å²) in [5.41, 5.74) is 0. The summed E-state index contributed by atoms with van der Waals surface area (Å²) in [7, 11) is 0. The third-order valence-corrected chi connectivity index (χ3v) is 6.31. The highest BCUT2D eigenvalue weighted by atomic mass is 32.2. The summed E-state index contributed by atoms with van der Waals surface area (Å²) in [6.07, 6.45) is -5.03. The van der Waals surface area contributed by atoms with E-state index in [-0.39, 0.29) is 17.8 Å². The van der Waals surface area contributed by atoms with Crippen LogP contribution >= 0.6 is 12.0 Å². The summed E-state index contributed by atoms with van der Waals surface area (Å²) in [6.45, 7) is 0. The molecule has 0 aliphatic heterocycles. The lowest BCUT2D eigenvalue weighted by Crippen LogP contribution is -2.48. The Morgan fingerprint density at radius 3 is 2.40 bits per heavy atom. The highest BCUT2D eigenvalue weighted by Gasteiger charge is 2.62. The van der Waals surface area contributed by atoms with E-state index in [4.69, 9.17) is 5.26 Å². The molecule has 144 valence electrons. The topological polar surface area (TPSA) is 65.0 Å². The summed E-state index contributed by atoms with van der Waals surface area (Å²) in [4.78, 5) is 12.2. The molecule has 0 spiro atoms. The number of fused-ring (bicyclic) bond motifs is 5. The van der Waals surface area contributed by atoms with Crippen molar-refractivity contribution >= 4 is 18.0 Å². The van der Waals surface area contributed by atoms with Gasteiger partial charge in [0.15, 0.2) is 0 Å². The van der Waals surface area contributed by atoms with Crippen LogP contribution in [0.2, 0.25) is 0 Å². The van der Waals surface area contributed by atoms with E-state index in [1.807, 2.05) is 0 Å². The predicted molar refractivity (Wildman–Crippen MR) is 73.8 cm³/mol. The minimum absolute atomic E-state index is 0.0859. The molecule has 6 atom stereocenters. The number of rotatable bonds is 6. The SMILES string of the molecule is O=C(OC(C(F)(F)F)C(F)(F)SOOO)C1CC2CC1C1CCCC21. The normalized spacial score (nSPS) is 35.7. The van der Waals surface area contributed by atoms with Gasteiger partial charge < -0.3 is 4.74 Å². The van der Waals surface area contributed by atoms with Crippen LogP contribution in [-0.4, -0.2) is 28.8 Å². The number of alkyl halides is 5. The summed E-state index contributed by atoms with van der Waals surface area (Å²) in [5.74, 6) is -1.06. The Kier molecular flexibility index (Phi) is 5.22. The number of ether oxygens (including phenoxy) is 1. The van der Waals surface area contributed by atoms with Crippen LogP contribution in [0, 0.1) is 29.6 Å². The molecule has 3 saturated carbocycles. The van der Waals surface area contributed by atoms with Crippen LogP contribution in [0.4, 0.5) is 22.0 Å². The van der Waals surface area contributed by atoms with Gasteiger partial charge in [-0.15, -0.1) is 4.33 Å². The Morgan fingerprint density at radius 2 is 1.76 bits per heavy atom. The van der Waals surface area contributed by atoms with Crippen molar-refractivity contribution in [3.05, 3.63) is 0 Å². The summed E-state index contributed by atoms with van der Waals surface area (Å²) in [6, 6.07) is 0. The van der Waals surface area contributed by atoms with Crippen molar-refractivity contribution in [2.45, 2.75) is 49.6 Å². The number of hydrogen-bond donors (Lipinski definition) is 1. The molecule has 0 radical (unpaired) electrons. The lowest BCUT2D eigenvalue weighted by Gasteiger charge is -2.32. The third kappa shape index (κ3) is 3.60. The number of carbonyl (C=O) groups excluding carboxylic acids is 1. The first-order valence-corrected chi connectivity index (χ1v) is 8.70. The van der Waals surface area contributed by atoms with Gasteiger partial charge in [0.05, 0.1) is 5.92 Å². The van der Waals surface area contributed by atoms with E-state index in [1.165, 1.54) is 0 Å². The molecule has 5 nitrogen and oxygen atoms in total. The van der Waals surface area contributed by atoms with E-state index in [1.54, 1.807) is 0 Å². The number of hydrogen-bond acceptors (Lipinski definition) is 6. The van der Waals surface area contributed by atoms with Gasteiger partial charge in [0.25, 0.3) is 6.10 Å². The van der Waals surface area contributed by atoms with Crippen LogP contribution in [0.5, 0.6) is 0 Å². The van der Waals surface area contributed by atoms with Crippen LogP contribution in [-0.2, 0) is 18.9 Å². The molecule has 3 rings (SSSR count). The minimum atomic E-state index is -5.50. The van der Waals surface area contributed by atoms with E-state index in [0.717, 1.165) is 25.7 Å². The van der Waals surface area contributed by atoms with Crippen LogP contribution in [0.25, 0.3) is 0 Å². The van der Waals surface area contributed by atoms with Crippen LogP contribution in [0.3, 0.4) is 0 Å². The molecule has 1 N–H and O–H groups in total. The maximum atomic E-state index is 13.7. The molecule has 3 fully saturated rings. The van der Waals surface area contributed by atoms with Gasteiger partial charge in [-0.3, -0.25) is 4.79 Å². The van der Waals surface area contributed by atoms with Gasteiger partial charge >= 0.3 is 17.4 Å². The Morgan fingerprint density at radius 1 is 1.08 bits per heavy atom. The molecule has 0 saturated heterocycles. The van der Waals surface area contributed by atoms with Gasteiger partial charge in [0.1, 0.15) is 12.0 Å². The monoisotopic (exact) mass is 392 g/mol. The first kappa shape index (κ1) is 19.1. The second-order valence-electron chi connectivity index (χ2n) is 6.91. The maximum Gasteiger partial charge on any atom is 0.432 e. The Bertz CT molecular complexity index is 516. The zero-order chi connectivity index (χ0) is 18.4. The quantitative estimate of drug-likeness (QED) is 0.240. The maximum absolute atomic E-state index is 13.7. The second kappa shape index (κ2) is 6.82. The lowest BCUT2D eigenvalue weighted by atomic mass is 9.76. The average Bonchev–Trinajstić information content (AvgIpc) is 3.20. The molecule has 0 amide bonds. The van der Waals surface area contributed by atoms with Gasteiger partial charge in [-0.05, 0) is 49.4 Å². The summed E-state index contributed by atoms with van der Waals surface area (Å²) >= 11 is -1.07. The van der Waals surface area contributed by atoms with Crippen molar-refractivity contribution in [3.8, 4) is 0 Å². The van der Waals surface area contributed by atoms with E-state index in [9.17, 15) is 26.7 Å². The molecule has 3 aliphatic rings. The van der Waals surface area contributed by atoms with E-state index >= 15 is 0 Å². The van der Waals surface area contributed by atoms with Gasteiger partial charge in [0, 0.05) is 0 Å². The van der Waals surface area contributed by atoms with Crippen molar-refractivity contribution < 1.29 is 46.1 Å². The zero-order valence-corrected chi connectivity index (χ0v) is 13.7. The largest absolute Gasteiger partial charge is 0.445 e. The molecule has 0 heterocycles. The van der Waals surface area contributed by atoms with Crippen molar-refractivity contribution in [2.24, 2.45) is 29.6 Å². The van der Waals surface area contributed by atoms with E-state index < -0.39 is 41.5 Å². The fourth-order valence-electron chi connectivity index (χ4n) is 4.97. The predicted octanol–water partition coefficient (Wildman–Crippen LogP) is 4.20. The van der Waals surface area contributed by atoms with Crippen LogP contribution in [0.1, 0.15) is 32.1 Å². The first-order chi connectivity index (χ1) is 11.6. The van der Waals surface area contributed by atoms with Gasteiger partial charge in [-0.2, -0.15) is 22.0 Å². The standard InChI is InChI=1S/C14H17F5O5S/c15-13(16,17)12(14(18,19)25-24-23-21)22-11(20)10-5-6-4-9(10)8-3-1-2-7(6)8/h6-10,12,21H,1-5H2. The smallest absolute Gasteiger partial charge is 0.432 e. The number of carbonyl (C=O) groups is 1. The Labute approximate surface area is 144 Å². The van der Waals surface area contributed by atoms with Crippen molar-refractivity contribution in [2.75, 3.05) is 0 Å². The fourth-order valence-corrected chi connectivity index (χ4v) is 5.36. The van der Waals surface area contributed by atoms with Gasteiger partial charge in [-0.1, -0.05) is 11.5 Å². The fraction of sp³-hybridized carbons (Fsp3) is 0.929. The zero-order valence-electron chi connectivity index (χ0n) is 12.9. The molecule has 25 heavy (non-hydrogen) atoms. The highest BCUT2D eigenvalue weighted by molar-refractivity contribution is 7.95. The van der Waals surface area contributed by atoms with E-state index in [0.29, 0.717) is 12.3 Å². The molecule has 11 heteroatoms. The number of halogens is 5. The van der Waals surface area contributed by atoms with Gasteiger partial charge in [0.2, 0.25) is 0 Å². The molecular formula is C14H17F5O5S. The second-order valence-corrected chi connectivity index (χ2v) is 7.75. The van der Waals surface area contributed by atoms with Crippen molar-refractivity contribution in [1.29, 1.82) is 0 Å². The third-order valence-electron chi connectivity index (χ3n) is 5.74. The van der Waals surface area contributed by atoms with E-state index in [2.05, 4.69) is 14.1 Å². The molecule has 0 aromatic heterocycles. The summed E-state index contributed by atoms with van der Waals surface area (Å²) < 4.78 is 73.9. The Balaban J connectivity index is 1.69. The molecule has 3 aliphatic carbocycles. The van der Waals surface area contributed by atoms with Crippen LogP contribution in [0.15, 0.2) is 0 Å². The molecule has 0 aromatic carbocycles. The molecular weight excluding hydrogens is 375 g/mol. The minimum Gasteiger partial charge on any atom is -0.445 e. The first-order valence-electron chi connectivity index (χ1n) is 7.96. The lowest BCUT2D eigenvalue weighted by molar-refractivity contribution is -0.434. The van der Waals surface area contributed by atoms with Crippen LogP contribution < -0.4 is 0 Å². The molecule has 6 unspecified atom stereocenters. The van der Waals surface area contributed by atoms with Crippen molar-refractivity contribution in [3.63, 3.8) is 0 Å². The summed E-state index contributed by atoms with van der Waals surface area (Å²) in [5, 5.41) is 6.09. The molecule has 0 aromatic rings. The molecule has 2 bridgehead atoms. The van der Waals surface area contributed by atoms with Crippen molar-refractivity contribution in [1.82, 2.24) is 0 Å².